The molecule has 1 heterocycles. The number of methoxy groups -OCH3 is 1. The molecular weight excluding hydrogens is 516 g/mol. The van der Waals surface area contributed by atoms with Gasteiger partial charge >= 0.3 is 0 Å². The van der Waals surface area contributed by atoms with E-state index in [1.54, 1.807) is 37.3 Å². The zero-order valence-corrected chi connectivity index (χ0v) is 23.2. The van der Waals surface area contributed by atoms with Gasteiger partial charge in [-0.1, -0.05) is 30.3 Å². The lowest BCUT2D eigenvalue weighted by Gasteiger charge is -2.32. The lowest BCUT2D eigenvalue weighted by molar-refractivity contribution is -0.117. The van der Waals surface area contributed by atoms with Crippen LogP contribution in [-0.4, -0.2) is 76.4 Å². The van der Waals surface area contributed by atoms with Gasteiger partial charge < -0.3 is 19.9 Å². The second-order valence-electron chi connectivity index (χ2n) is 9.66. The number of hydrogen-bond acceptors (Lipinski definition) is 6. The highest BCUT2D eigenvalue weighted by Crippen LogP contribution is 2.22. The summed E-state index contributed by atoms with van der Waals surface area (Å²) in [5.41, 5.74) is 2.47. The lowest BCUT2D eigenvalue weighted by Crippen LogP contribution is -2.47. The summed E-state index contributed by atoms with van der Waals surface area (Å²) in [6.07, 6.45) is 0.154. The Morgan fingerprint density at radius 2 is 1.62 bits per heavy atom. The first-order chi connectivity index (χ1) is 18.7. The molecule has 4 rings (SSSR count). The maximum Gasteiger partial charge on any atom is 0.253 e. The van der Waals surface area contributed by atoms with Crippen molar-refractivity contribution < 1.29 is 22.7 Å². The standard InChI is InChI=1S/C29H34N4O5S/c1-21-19-25(13-14-27(21)38-3)39(36,37)31-26(20-22-7-5-4-6-8-22)28(34)30-24-11-9-23(10-12-24)29(35)33-17-15-32(2)16-18-33/h4-14,19,26,31H,15-18,20H2,1-3H3,(H,30,34). The van der Waals surface area contributed by atoms with Crippen LogP contribution in [0.5, 0.6) is 5.75 Å². The fourth-order valence-electron chi connectivity index (χ4n) is 4.43. The molecule has 1 saturated heterocycles. The van der Waals surface area contributed by atoms with E-state index >= 15 is 0 Å². The Bertz CT molecular complexity index is 1400. The molecule has 0 aromatic heterocycles. The number of carbonyl (C=O) groups excluding carboxylic acids is 2. The van der Waals surface area contributed by atoms with Gasteiger partial charge in [0.25, 0.3) is 5.91 Å². The number of benzene rings is 3. The normalized spacial score (nSPS) is 15.0. The van der Waals surface area contributed by atoms with Gasteiger partial charge in [-0.15, -0.1) is 0 Å². The van der Waals surface area contributed by atoms with Crippen molar-refractivity contribution in [3.63, 3.8) is 0 Å². The molecule has 1 unspecified atom stereocenters. The number of carbonyl (C=O) groups is 2. The molecule has 3 aromatic rings. The van der Waals surface area contributed by atoms with E-state index in [1.807, 2.05) is 42.3 Å². The summed E-state index contributed by atoms with van der Waals surface area (Å²) in [6.45, 7) is 4.75. The number of hydrogen-bond donors (Lipinski definition) is 2. The fourth-order valence-corrected chi connectivity index (χ4v) is 5.71. The lowest BCUT2D eigenvalue weighted by atomic mass is 10.1. The summed E-state index contributed by atoms with van der Waals surface area (Å²) in [7, 11) is -0.471. The van der Waals surface area contributed by atoms with Crippen molar-refractivity contribution in [3.05, 3.63) is 89.5 Å². The largest absolute Gasteiger partial charge is 0.496 e. The number of nitrogens with one attached hydrogen (secondary N) is 2. The van der Waals surface area contributed by atoms with Gasteiger partial charge in [0.2, 0.25) is 15.9 Å². The van der Waals surface area contributed by atoms with Crippen LogP contribution in [0, 0.1) is 6.92 Å². The molecule has 3 aromatic carbocycles. The topological polar surface area (TPSA) is 108 Å². The molecule has 39 heavy (non-hydrogen) atoms. The Labute approximate surface area is 229 Å². The van der Waals surface area contributed by atoms with Crippen LogP contribution in [0.3, 0.4) is 0 Å². The van der Waals surface area contributed by atoms with Crippen LogP contribution in [0.1, 0.15) is 21.5 Å². The number of sulfonamides is 1. The number of aryl methyl sites for hydroxylation is 1. The molecule has 1 fully saturated rings. The first kappa shape index (κ1) is 28.3. The zero-order valence-electron chi connectivity index (χ0n) is 22.4. The van der Waals surface area contributed by atoms with Gasteiger partial charge in [0.1, 0.15) is 11.8 Å². The molecule has 1 aliphatic rings. The molecule has 2 N–H and O–H groups in total. The van der Waals surface area contributed by atoms with Crippen LogP contribution < -0.4 is 14.8 Å². The summed E-state index contributed by atoms with van der Waals surface area (Å²) in [5.74, 6) is 0.0124. The molecule has 0 radical (unpaired) electrons. The number of rotatable bonds is 9. The number of likely N-dealkylation sites (N-methyl/N-ethyl adjacent to an activating group) is 1. The van der Waals surface area contributed by atoms with Gasteiger partial charge in [-0.05, 0) is 74.0 Å². The molecular formula is C29H34N4O5S. The first-order valence-electron chi connectivity index (χ1n) is 12.8. The number of amides is 2. The van der Waals surface area contributed by atoms with Crippen LogP contribution in [-0.2, 0) is 21.2 Å². The van der Waals surface area contributed by atoms with E-state index in [4.69, 9.17) is 4.74 Å². The van der Waals surface area contributed by atoms with Crippen molar-refractivity contribution in [3.8, 4) is 5.75 Å². The third kappa shape index (κ3) is 7.23. The maximum absolute atomic E-state index is 13.4. The van der Waals surface area contributed by atoms with Crippen molar-refractivity contribution in [1.82, 2.24) is 14.5 Å². The number of ether oxygens (including phenoxy) is 1. The van der Waals surface area contributed by atoms with Crippen molar-refractivity contribution in [2.75, 3.05) is 45.7 Å². The summed E-state index contributed by atoms with van der Waals surface area (Å²) < 4.78 is 34.3. The van der Waals surface area contributed by atoms with Crippen molar-refractivity contribution in [2.45, 2.75) is 24.3 Å². The average Bonchev–Trinajstić information content (AvgIpc) is 2.93. The van der Waals surface area contributed by atoms with Crippen molar-refractivity contribution in [1.29, 1.82) is 0 Å². The van der Waals surface area contributed by atoms with E-state index in [0.29, 0.717) is 35.7 Å². The van der Waals surface area contributed by atoms with Crippen LogP contribution in [0.25, 0.3) is 0 Å². The minimum absolute atomic E-state index is 0.0402. The Kier molecular flexibility index (Phi) is 9.01. The zero-order chi connectivity index (χ0) is 28.0. The predicted octanol–water partition coefficient (Wildman–Crippen LogP) is 2.92. The summed E-state index contributed by atoms with van der Waals surface area (Å²) in [6, 6.07) is 19.3. The van der Waals surface area contributed by atoms with Gasteiger partial charge in [0.05, 0.1) is 12.0 Å². The van der Waals surface area contributed by atoms with E-state index in [-0.39, 0.29) is 17.2 Å². The van der Waals surface area contributed by atoms with Gasteiger partial charge in [-0.25, -0.2) is 8.42 Å². The van der Waals surface area contributed by atoms with Gasteiger partial charge in [0.15, 0.2) is 0 Å². The summed E-state index contributed by atoms with van der Waals surface area (Å²) in [5, 5.41) is 2.80. The Hall–Kier alpha value is -3.73. The van der Waals surface area contributed by atoms with Crippen LogP contribution in [0.15, 0.2) is 77.7 Å². The van der Waals surface area contributed by atoms with E-state index < -0.39 is 22.0 Å². The Morgan fingerprint density at radius 1 is 0.949 bits per heavy atom. The number of piperazine rings is 1. The molecule has 1 atom stereocenters. The smallest absolute Gasteiger partial charge is 0.253 e. The predicted molar refractivity (Wildman–Crippen MR) is 150 cm³/mol. The van der Waals surface area contributed by atoms with Gasteiger partial charge in [-0.3, -0.25) is 9.59 Å². The average molecular weight is 551 g/mol. The number of anilines is 1. The van der Waals surface area contributed by atoms with E-state index in [0.717, 1.165) is 18.7 Å². The third-order valence-corrected chi connectivity index (χ3v) is 8.23. The monoisotopic (exact) mass is 550 g/mol. The fraction of sp³-hybridized carbons (Fsp3) is 0.310. The van der Waals surface area contributed by atoms with E-state index in [2.05, 4.69) is 14.9 Å². The molecule has 0 bridgehead atoms. The van der Waals surface area contributed by atoms with E-state index in [9.17, 15) is 18.0 Å². The molecule has 0 aliphatic carbocycles. The quantitative estimate of drug-likeness (QED) is 0.424. The minimum Gasteiger partial charge on any atom is -0.496 e. The van der Waals surface area contributed by atoms with Crippen LogP contribution >= 0.6 is 0 Å². The second-order valence-corrected chi connectivity index (χ2v) is 11.4. The Balaban J connectivity index is 1.50. The Morgan fingerprint density at radius 3 is 2.23 bits per heavy atom. The molecule has 10 heteroatoms. The van der Waals surface area contributed by atoms with Gasteiger partial charge in [-0.2, -0.15) is 4.72 Å². The maximum atomic E-state index is 13.4. The highest BCUT2D eigenvalue weighted by molar-refractivity contribution is 7.89. The minimum atomic E-state index is -4.02. The summed E-state index contributed by atoms with van der Waals surface area (Å²) in [4.78, 5) is 30.2. The first-order valence-corrected chi connectivity index (χ1v) is 14.2. The number of nitrogens with zero attached hydrogens (tertiary/aromatic N) is 2. The molecule has 206 valence electrons. The summed E-state index contributed by atoms with van der Waals surface area (Å²) >= 11 is 0. The molecule has 0 saturated carbocycles. The highest BCUT2D eigenvalue weighted by atomic mass is 32.2. The highest BCUT2D eigenvalue weighted by Gasteiger charge is 2.27. The van der Waals surface area contributed by atoms with Crippen LogP contribution in [0.4, 0.5) is 5.69 Å². The van der Waals surface area contributed by atoms with Crippen molar-refractivity contribution >= 4 is 27.5 Å². The SMILES string of the molecule is COc1ccc(S(=O)(=O)NC(Cc2ccccc2)C(=O)Nc2ccc(C(=O)N3CCN(C)CC3)cc2)cc1C. The van der Waals surface area contributed by atoms with E-state index in [1.165, 1.54) is 19.2 Å². The van der Waals surface area contributed by atoms with Crippen molar-refractivity contribution in [2.24, 2.45) is 0 Å². The second kappa shape index (κ2) is 12.4. The molecule has 9 nitrogen and oxygen atoms in total. The molecule has 2 amide bonds. The third-order valence-electron chi connectivity index (χ3n) is 6.76. The molecule has 1 aliphatic heterocycles. The molecule has 0 spiro atoms. The van der Waals surface area contributed by atoms with Gasteiger partial charge in [0, 0.05) is 37.4 Å². The van der Waals surface area contributed by atoms with Crippen LogP contribution in [0.2, 0.25) is 0 Å².